The number of carbonyl (C=O) groups is 2. The summed E-state index contributed by atoms with van der Waals surface area (Å²) in [6, 6.07) is 0. The second-order valence-corrected chi connectivity index (χ2v) is 4.76. The number of carboxylic acids is 1. The SMILES string of the molecule is C=CC(=O)N1CC(OC)(c2nccn2C)C1.O=C(O)C(F)(F)F. The number of methoxy groups -OCH3 is 1. The van der Waals surface area contributed by atoms with Crippen molar-refractivity contribution < 1.29 is 32.6 Å². The number of aliphatic carboxylic acids is 1. The molecule has 1 fully saturated rings. The molecule has 0 aliphatic carbocycles. The lowest BCUT2D eigenvalue weighted by atomic mass is 9.92. The van der Waals surface area contributed by atoms with Crippen molar-refractivity contribution >= 4 is 11.9 Å². The minimum atomic E-state index is -5.08. The summed E-state index contributed by atoms with van der Waals surface area (Å²) < 4.78 is 39.2. The maximum Gasteiger partial charge on any atom is 0.490 e. The largest absolute Gasteiger partial charge is 0.490 e. The zero-order valence-corrected chi connectivity index (χ0v) is 12.5. The van der Waals surface area contributed by atoms with Gasteiger partial charge >= 0.3 is 12.1 Å². The molecule has 0 unspecified atom stereocenters. The molecule has 1 amide bonds. The van der Waals surface area contributed by atoms with E-state index in [1.807, 2.05) is 17.8 Å². The van der Waals surface area contributed by atoms with Crippen molar-refractivity contribution in [3.05, 3.63) is 30.9 Å². The van der Waals surface area contributed by atoms with Gasteiger partial charge in [0.2, 0.25) is 5.91 Å². The van der Waals surface area contributed by atoms with Gasteiger partial charge in [-0.3, -0.25) is 4.79 Å². The fourth-order valence-corrected chi connectivity index (χ4v) is 2.02. The lowest BCUT2D eigenvalue weighted by molar-refractivity contribution is -0.192. The van der Waals surface area contributed by atoms with E-state index in [1.54, 1.807) is 18.2 Å². The first-order chi connectivity index (χ1) is 10.6. The number of rotatable bonds is 3. The quantitative estimate of drug-likeness (QED) is 0.831. The summed E-state index contributed by atoms with van der Waals surface area (Å²) in [6.45, 7) is 4.52. The van der Waals surface area contributed by atoms with Crippen molar-refractivity contribution in [3.8, 4) is 0 Å². The van der Waals surface area contributed by atoms with E-state index in [1.165, 1.54) is 6.08 Å². The van der Waals surface area contributed by atoms with Crippen LogP contribution in [0.2, 0.25) is 0 Å². The number of amides is 1. The van der Waals surface area contributed by atoms with Gasteiger partial charge in [-0.2, -0.15) is 13.2 Å². The zero-order valence-electron chi connectivity index (χ0n) is 12.5. The van der Waals surface area contributed by atoms with Crippen molar-refractivity contribution in [1.82, 2.24) is 14.5 Å². The predicted octanol–water partition coefficient (Wildman–Crippen LogP) is 0.923. The Kier molecular flexibility index (Phi) is 5.54. The van der Waals surface area contributed by atoms with E-state index < -0.39 is 17.7 Å². The molecule has 0 bridgehead atoms. The average Bonchev–Trinajstić information content (AvgIpc) is 2.84. The summed E-state index contributed by atoms with van der Waals surface area (Å²) in [7, 11) is 3.56. The van der Waals surface area contributed by atoms with Crippen LogP contribution in [0.3, 0.4) is 0 Å². The van der Waals surface area contributed by atoms with Crippen LogP contribution in [0.5, 0.6) is 0 Å². The molecule has 0 saturated carbocycles. The third kappa shape index (κ3) is 4.09. The second-order valence-electron chi connectivity index (χ2n) is 4.76. The van der Waals surface area contributed by atoms with Crippen LogP contribution in [0, 0.1) is 0 Å². The molecule has 1 aliphatic heterocycles. The normalized spacial score (nSPS) is 16.0. The number of imidazole rings is 1. The molecule has 0 atom stereocenters. The number of carbonyl (C=O) groups excluding carboxylic acids is 1. The molecule has 0 radical (unpaired) electrons. The first-order valence-electron chi connectivity index (χ1n) is 6.32. The van der Waals surface area contributed by atoms with Gasteiger partial charge in [0.25, 0.3) is 0 Å². The minimum Gasteiger partial charge on any atom is -0.475 e. The van der Waals surface area contributed by atoms with Gasteiger partial charge in [0.05, 0.1) is 13.1 Å². The van der Waals surface area contributed by atoms with Crippen LogP contribution in [0.25, 0.3) is 0 Å². The van der Waals surface area contributed by atoms with Gasteiger partial charge in [-0.1, -0.05) is 6.58 Å². The van der Waals surface area contributed by atoms with Gasteiger partial charge in [-0.25, -0.2) is 9.78 Å². The Morgan fingerprint density at radius 1 is 1.48 bits per heavy atom. The van der Waals surface area contributed by atoms with Crippen molar-refractivity contribution in [2.24, 2.45) is 7.05 Å². The fourth-order valence-electron chi connectivity index (χ4n) is 2.02. The van der Waals surface area contributed by atoms with Crippen LogP contribution >= 0.6 is 0 Å². The monoisotopic (exact) mass is 335 g/mol. The van der Waals surface area contributed by atoms with Crippen LogP contribution in [0.15, 0.2) is 25.0 Å². The van der Waals surface area contributed by atoms with Gasteiger partial charge in [-0.15, -0.1) is 0 Å². The third-order valence-corrected chi connectivity index (χ3v) is 3.24. The van der Waals surface area contributed by atoms with E-state index in [0.717, 1.165) is 5.82 Å². The molecule has 0 aromatic carbocycles. The molecular weight excluding hydrogens is 319 g/mol. The van der Waals surface area contributed by atoms with Crippen LogP contribution in [-0.4, -0.2) is 57.8 Å². The molecule has 2 rings (SSSR count). The minimum absolute atomic E-state index is 0.0677. The number of hydrogen-bond acceptors (Lipinski definition) is 4. The average molecular weight is 335 g/mol. The maximum atomic E-state index is 11.4. The molecule has 1 saturated heterocycles. The first-order valence-corrected chi connectivity index (χ1v) is 6.32. The summed E-state index contributed by atoms with van der Waals surface area (Å²) in [6.07, 6.45) is -0.166. The Labute approximate surface area is 130 Å². The van der Waals surface area contributed by atoms with Gasteiger partial charge in [0.15, 0.2) is 5.60 Å². The van der Waals surface area contributed by atoms with Crippen molar-refractivity contribution in [3.63, 3.8) is 0 Å². The van der Waals surface area contributed by atoms with Gasteiger partial charge < -0.3 is 19.3 Å². The van der Waals surface area contributed by atoms with Crippen molar-refractivity contribution in [2.45, 2.75) is 11.8 Å². The van der Waals surface area contributed by atoms with Crippen molar-refractivity contribution in [2.75, 3.05) is 20.2 Å². The fraction of sp³-hybridized carbons (Fsp3) is 0.462. The molecule has 7 nitrogen and oxygen atoms in total. The summed E-state index contributed by atoms with van der Waals surface area (Å²) in [5.74, 6) is -1.97. The molecule has 1 N–H and O–H groups in total. The summed E-state index contributed by atoms with van der Waals surface area (Å²) >= 11 is 0. The van der Waals surface area contributed by atoms with Crippen LogP contribution in [0.4, 0.5) is 13.2 Å². The summed E-state index contributed by atoms with van der Waals surface area (Å²) in [5, 5.41) is 7.12. The molecule has 0 spiro atoms. The maximum absolute atomic E-state index is 11.4. The van der Waals surface area contributed by atoms with Gasteiger partial charge in [0, 0.05) is 26.6 Å². The molecular formula is C13H16F3N3O4. The number of aromatic nitrogens is 2. The number of ether oxygens (including phenoxy) is 1. The number of halogens is 3. The number of aryl methyl sites for hydroxylation is 1. The molecule has 1 aliphatic rings. The van der Waals surface area contributed by atoms with Gasteiger partial charge in [0.1, 0.15) is 5.82 Å². The highest BCUT2D eigenvalue weighted by molar-refractivity contribution is 5.87. The van der Waals surface area contributed by atoms with Crippen LogP contribution in [-0.2, 0) is 27.0 Å². The van der Waals surface area contributed by atoms with E-state index >= 15 is 0 Å². The van der Waals surface area contributed by atoms with Crippen molar-refractivity contribution in [1.29, 1.82) is 0 Å². The standard InChI is InChI=1S/C11H15N3O2.C2HF3O2/c1-4-9(15)14-7-11(8-14,16-3)10-12-5-6-13(10)2;3-2(4,5)1(6)7/h4-6H,1,7-8H2,2-3H3;(H,6,7). The molecule has 2 heterocycles. The summed E-state index contributed by atoms with van der Waals surface area (Å²) in [4.78, 5) is 26.2. The number of likely N-dealkylation sites (tertiary alicyclic amines) is 1. The number of carboxylic acid groups (broad SMARTS) is 1. The lowest BCUT2D eigenvalue weighted by Crippen LogP contribution is -2.62. The third-order valence-electron chi connectivity index (χ3n) is 3.24. The molecule has 10 heteroatoms. The Morgan fingerprint density at radius 3 is 2.30 bits per heavy atom. The molecule has 23 heavy (non-hydrogen) atoms. The highest BCUT2D eigenvalue weighted by Gasteiger charge is 2.49. The Morgan fingerprint density at radius 2 is 2.00 bits per heavy atom. The Bertz CT molecular complexity index is 592. The molecule has 1 aromatic rings. The van der Waals surface area contributed by atoms with E-state index in [2.05, 4.69) is 11.6 Å². The highest BCUT2D eigenvalue weighted by atomic mass is 19.4. The van der Waals surface area contributed by atoms with Crippen LogP contribution < -0.4 is 0 Å². The second kappa shape index (κ2) is 6.82. The molecule has 1 aromatic heterocycles. The Hall–Kier alpha value is -2.36. The molecule has 128 valence electrons. The summed E-state index contributed by atoms with van der Waals surface area (Å²) in [5.41, 5.74) is -0.461. The van der Waals surface area contributed by atoms with Crippen LogP contribution in [0.1, 0.15) is 5.82 Å². The van der Waals surface area contributed by atoms with E-state index in [-0.39, 0.29) is 5.91 Å². The number of nitrogens with zero attached hydrogens (tertiary/aromatic N) is 3. The van der Waals surface area contributed by atoms with E-state index in [9.17, 15) is 18.0 Å². The topological polar surface area (TPSA) is 84.7 Å². The Balaban J connectivity index is 0.000000322. The highest BCUT2D eigenvalue weighted by Crippen LogP contribution is 2.34. The first kappa shape index (κ1) is 18.7. The lowest BCUT2D eigenvalue weighted by Gasteiger charge is -2.47. The number of alkyl halides is 3. The number of hydrogen-bond donors (Lipinski definition) is 1. The zero-order chi connectivity index (χ0) is 17.8. The van der Waals surface area contributed by atoms with E-state index in [4.69, 9.17) is 14.6 Å². The smallest absolute Gasteiger partial charge is 0.475 e. The van der Waals surface area contributed by atoms with Gasteiger partial charge in [-0.05, 0) is 6.08 Å². The predicted molar refractivity (Wildman–Crippen MR) is 72.4 cm³/mol. The van der Waals surface area contributed by atoms with E-state index in [0.29, 0.717) is 13.1 Å².